The van der Waals surface area contributed by atoms with Gasteiger partial charge in [0.25, 0.3) is 5.91 Å². The lowest BCUT2D eigenvalue weighted by Crippen LogP contribution is -2.27. The summed E-state index contributed by atoms with van der Waals surface area (Å²) in [5, 5.41) is 8.83. The first-order chi connectivity index (χ1) is 11.6. The zero-order valence-corrected chi connectivity index (χ0v) is 15.2. The van der Waals surface area contributed by atoms with Gasteiger partial charge in [0.05, 0.1) is 12.1 Å². The maximum Gasteiger partial charge on any atom is 0.253 e. The van der Waals surface area contributed by atoms with E-state index in [1.165, 1.54) is 0 Å². The molecule has 0 saturated heterocycles. The fourth-order valence-corrected chi connectivity index (χ4v) is 2.60. The van der Waals surface area contributed by atoms with Crippen LogP contribution in [0, 0.1) is 3.57 Å². The zero-order valence-electron chi connectivity index (χ0n) is 13.0. The molecule has 2 aromatic rings. The van der Waals surface area contributed by atoms with Crippen molar-refractivity contribution < 1.29 is 9.59 Å². The highest BCUT2D eigenvalue weighted by Gasteiger charge is 2.24. The molecule has 3 rings (SSSR count). The largest absolute Gasteiger partial charge is 0.376 e. The molecule has 0 radical (unpaired) electrons. The van der Waals surface area contributed by atoms with Crippen LogP contribution in [0.1, 0.15) is 23.2 Å². The van der Waals surface area contributed by atoms with Gasteiger partial charge in [-0.2, -0.15) is 0 Å². The SMILES string of the molecule is O=C(CNc1ccccc1C(=O)NC1CC1)Nc1ccc(I)cc1. The first-order valence-corrected chi connectivity index (χ1v) is 8.89. The molecule has 3 N–H and O–H groups in total. The highest BCUT2D eigenvalue weighted by molar-refractivity contribution is 14.1. The van der Waals surface area contributed by atoms with Crippen molar-refractivity contribution in [2.45, 2.75) is 18.9 Å². The van der Waals surface area contributed by atoms with Gasteiger partial charge in [-0.05, 0) is 71.8 Å². The van der Waals surface area contributed by atoms with Crippen molar-refractivity contribution in [3.8, 4) is 0 Å². The Morgan fingerprint density at radius 2 is 1.75 bits per heavy atom. The van der Waals surface area contributed by atoms with Crippen molar-refractivity contribution in [1.82, 2.24) is 5.32 Å². The molecule has 0 spiro atoms. The van der Waals surface area contributed by atoms with Gasteiger partial charge in [-0.1, -0.05) is 12.1 Å². The molecule has 0 bridgehead atoms. The molecule has 1 saturated carbocycles. The van der Waals surface area contributed by atoms with E-state index in [1.807, 2.05) is 36.4 Å². The summed E-state index contributed by atoms with van der Waals surface area (Å²) in [7, 11) is 0. The van der Waals surface area contributed by atoms with Crippen LogP contribution in [0.4, 0.5) is 11.4 Å². The fourth-order valence-electron chi connectivity index (χ4n) is 2.24. The summed E-state index contributed by atoms with van der Waals surface area (Å²) in [6.45, 7) is 0.0969. The van der Waals surface area contributed by atoms with Crippen molar-refractivity contribution in [3.05, 3.63) is 57.7 Å². The summed E-state index contributed by atoms with van der Waals surface area (Å²) < 4.78 is 1.11. The van der Waals surface area contributed by atoms with E-state index in [2.05, 4.69) is 38.5 Å². The number of carbonyl (C=O) groups is 2. The molecular formula is C18H18IN3O2. The van der Waals surface area contributed by atoms with E-state index in [4.69, 9.17) is 0 Å². The molecule has 1 aliphatic rings. The molecular weight excluding hydrogens is 417 g/mol. The number of hydrogen-bond acceptors (Lipinski definition) is 3. The molecule has 6 heteroatoms. The van der Waals surface area contributed by atoms with Gasteiger partial charge in [-0.25, -0.2) is 0 Å². The number of carbonyl (C=O) groups excluding carboxylic acids is 2. The highest BCUT2D eigenvalue weighted by Crippen LogP contribution is 2.21. The van der Waals surface area contributed by atoms with Gasteiger partial charge in [0.15, 0.2) is 0 Å². The molecule has 0 aromatic heterocycles. The van der Waals surface area contributed by atoms with E-state index >= 15 is 0 Å². The maximum atomic E-state index is 12.2. The van der Waals surface area contributed by atoms with Gasteiger partial charge in [-0.3, -0.25) is 9.59 Å². The number of amides is 2. The summed E-state index contributed by atoms with van der Waals surface area (Å²) in [6, 6.07) is 15.1. The molecule has 24 heavy (non-hydrogen) atoms. The minimum Gasteiger partial charge on any atom is -0.376 e. The molecule has 1 aliphatic carbocycles. The van der Waals surface area contributed by atoms with E-state index in [0.29, 0.717) is 17.3 Å². The molecule has 2 amide bonds. The second-order valence-corrected chi connectivity index (χ2v) is 6.95. The van der Waals surface area contributed by atoms with Gasteiger partial charge >= 0.3 is 0 Å². The number of hydrogen-bond donors (Lipinski definition) is 3. The Balaban J connectivity index is 1.58. The van der Waals surface area contributed by atoms with Gasteiger partial charge in [0.2, 0.25) is 5.91 Å². The van der Waals surface area contributed by atoms with Gasteiger partial charge in [0, 0.05) is 21.0 Å². The second kappa shape index (κ2) is 7.65. The third kappa shape index (κ3) is 4.70. The molecule has 0 heterocycles. The van der Waals surface area contributed by atoms with Gasteiger partial charge in [-0.15, -0.1) is 0 Å². The summed E-state index contributed by atoms with van der Waals surface area (Å²) >= 11 is 2.21. The summed E-state index contributed by atoms with van der Waals surface area (Å²) in [5.74, 6) is -0.257. The zero-order chi connectivity index (χ0) is 16.9. The topological polar surface area (TPSA) is 70.2 Å². The lowest BCUT2D eigenvalue weighted by Gasteiger charge is -2.12. The average molecular weight is 435 g/mol. The van der Waals surface area contributed by atoms with Crippen LogP contribution in [-0.4, -0.2) is 24.4 Å². The van der Waals surface area contributed by atoms with E-state index in [9.17, 15) is 9.59 Å². The summed E-state index contributed by atoms with van der Waals surface area (Å²) in [4.78, 5) is 24.3. The van der Waals surface area contributed by atoms with Crippen LogP contribution in [0.3, 0.4) is 0 Å². The third-order valence-corrected chi connectivity index (χ3v) is 4.37. The van der Waals surface area contributed by atoms with Crippen LogP contribution in [0.15, 0.2) is 48.5 Å². The van der Waals surface area contributed by atoms with Crippen molar-refractivity contribution in [1.29, 1.82) is 0 Å². The first-order valence-electron chi connectivity index (χ1n) is 7.81. The Morgan fingerprint density at radius 1 is 1.04 bits per heavy atom. The molecule has 1 fully saturated rings. The van der Waals surface area contributed by atoms with E-state index in [0.717, 1.165) is 22.1 Å². The van der Waals surface area contributed by atoms with Gasteiger partial charge < -0.3 is 16.0 Å². The monoisotopic (exact) mass is 435 g/mol. The number of rotatable bonds is 6. The van der Waals surface area contributed by atoms with E-state index in [-0.39, 0.29) is 18.4 Å². The van der Waals surface area contributed by atoms with E-state index in [1.54, 1.807) is 12.1 Å². The quantitative estimate of drug-likeness (QED) is 0.611. The average Bonchev–Trinajstić information content (AvgIpc) is 3.39. The Hall–Kier alpha value is -2.09. The van der Waals surface area contributed by atoms with Crippen molar-refractivity contribution in [2.24, 2.45) is 0 Å². The highest BCUT2D eigenvalue weighted by atomic mass is 127. The van der Waals surface area contributed by atoms with Gasteiger partial charge in [0.1, 0.15) is 0 Å². The Kier molecular flexibility index (Phi) is 5.34. The standard InChI is InChI=1S/C18H18IN3O2/c19-12-5-7-13(8-6-12)21-17(23)11-20-16-4-2-1-3-15(16)18(24)22-14-9-10-14/h1-8,14,20H,9-11H2,(H,21,23)(H,22,24). The van der Waals surface area contributed by atoms with Crippen LogP contribution in [0.5, 0.6) is 0 Å². The minimum atomic E-state index is -0.159. The molecule has 124 valence electrons. The van der Waals surface area contributed by atoms with Crippen molar-refractivity contribution in [2.75, 3.05) is 17.2 Å². The van der Waals surface area contributed by atoms with Crippen LogP contribution in [0.2, 0.25) is 0 Å². The lowest BCUT2D eigenvalue weighted by molar-refractivity contribution is -0.114. The maximum absolute atomic E-state index is 12.2. The Morgan fingerprint density at radius 3 is 2.46 bits per heavy atom. The molecule has 5 nitrogen and oxygen atoms in total. The fraction of sp³-hybridized carbons (Fsp3) is 0.222. The molecule has 0 atom stereocenters. The van der Waals surface area contributed by atoms with E-state index < -0.39 is 0 Å². The van der Waals surface area contributed by atoms with Crippen LogP contribution in [0.25, 0.3) is 0 Å². The normalized spacial score (nSPS) is 13.2. The first kappa shape index (κ1) is 16.8. The summed E-state index contributed by atoms with van der Waals surface area (Å²) in [5.41, 5.74) is 1.97. The number of benzene rings is 2. The number of para-hydroxylation sites is 1. The Labute approximate surface area is 154 Å². The van der Waals surface area contributed by atoms with Crippen molar-refractivity contribution >= 4 is 45.8 Å². The number of nitrogens with one attached hydrogen (secondary N) is 3. The Bertz CT molecular complexity index is 742. The van der Waals surface area contributed by atoms with Crippen LogP contribution in [-0.2, 0) is 4.79 Å². The third-order valence-electron chi connectivity index (χ3n) is 3.65. The second-order valence-electron chi connectivity index (χ2n) is 5.70. The molecule has 0 unspecified atom stereocenters. The van der Waals surface area contributed by atoms with Crippen LogP contribution < -0.4 is 16.0 Å². The minimum absolute atomic E-state index is 0.0969. The smallest absolute Gasteiger partial charge is 0.253 e. The number of anilines is 2. The lowest BCUT2D eigenvalue weighted by atomic mass is 10.1. The van der Waals surface area contributed by atoms with Crippen molar-refractivity contribution in [3.63, 3.8) is 0 Å². The number of halogens is 1. The predicted octanol–water partition coefficient (Wildman–Crippen LogP) is 3.23. The molecule has 2 aromatic carbocycles. The predicted molar refractivity (Wildman–Crippen MR) is 103 cm³/mol. The summed E-state index contributed by atoms with van der Waals surface area (Å²) in [6.07, 6.45) is 2.08. The van der Waals surface area contributed by atoms with Crippen LogP contribution >= 0.6 is 22.6 Å². The molecule has 0 aliphatic heterocycles.